The number of hydrogen-bond acceptors (Lipinski definition) is 2. The van der Waals surface area contributed by atoms with Gasteiger partial charge in [0.25, 0.3) is 0 Å². The summed E-state index contributed by atoms with van der Waals surface area (Å²) in [7, 11) is 0. The van der Waals surface area contributed by atoms with Crippen LogP contribution in [0.15, 0.2) is 0 Å². The molecule has 1 fully saturated rings. The van der Waals surface area contributed by atoms with E-state index in [2.05, 4.69) is 5.32 Å². The zero-order chi connectivity index (χ0) is 6.04. The lowest BCUT2D eigenvalue weighted by molar-refractivity contribution is 0.109. The van der Waals surface area contributed by atoms with Gasteiger partial charge in [0.05, 0.1) is 15.9 Å². The lowest BCUT2D eigenvalue weighted by Gasteiger charge is -2.10. The highest BCUT2D eigenvalue weighted by Crippen LogP contribution is 1.76. The average Bonchev–Trinajstić information content (AvgIpc) is 1.65. The quantitative estimate of drug-likeness (QED) is 0.436. The third-order valence-electron chi connectivity index (χ3n) is 0.680. The summed E-state index contributed by atoms with van der Waals surface area (Å²) in [5, 5.41) is 2.88. The van der Waals surface area contributed by atoms with Crippen molar-refractivity contribution in [2.24, 2.45) is 0 Å². The van der Waals surface area contributed by atoms with Crippen LogP contribution in [0.4, 0.5) is 0 Å². The van der Waals surface area contributed by atoms with Gasteiger partial charge in [0, 0.05) is 13.1 Å². The minimum atomic E-state index is -1.43. The molecule has 0 aromatic heterocycles. The summed E-state index contributed by atoms with van der Waals surface area (Å²) in [5.41, 5.74) is 0. The maximum atomic E-state index is 7.01. The number of nitrogens with one attached hydrogen (secondary N) is 1. The normalized spacial score (nSPS) is 37.3. The van der Waals surface area contributed by atoms with E-state index >= 15 is 0 Å². The molecule has 0 radical (unpaired) electrons. The number of hydrogen-bond donors (Lipinski definition) is 1. The summed E-state index contributed by atoms with van der Waals surface area (Å²) in [6.45, 7) is 0.123. The minimum absolute atomic E-state index is 0.312. The molecule has 0 unspecified atom stereocenters. The van der Waals surface area contributed by atoms with Crippen molar-refractivity contribution in [1.29, 1.82) is 0 Å². The van der Waals surface area contributed by atoms with E-state index in [-0.39, 0.29) is 0 Å². The predicted octanol–water partition coefficient (Wildman–Crippen LogP) is -0.394. The SMILES string of the molecule is [2H]C1([2H])CNCCO1. The topological polar surface area (TPSA) is 21.3 Å². The van der Waals surface area contributed by atoms with Crippen molar-refractivity contribution in [1.82, 2.24) is 5.32 Å². The Morgan fingerprint density at radius 1 is 1.67 bits per heavy atom. The van der Waals surface area contributed by atoms with Gasteiger partial charge in [0.2, 0.25) is 0 Å². The molecule has 1 aliphatic rings. The van der Waals surface area contributed by atoms with E-state index in [1.807, 2.05) is 0 Å². The second kappa shape index (κ2) is 2.16. The average molecular weight is 89.1 g/mol. The molecular weight excluding hydrogens is 78.0 g/mol. The van der Waals surface area contributed by atoms with E-state index in [0.29, 0.717) is 13.2 Å². The zero-order valence-corrected chi connectivity index (χ0v) is 3.53. The molecule has 0 aromatic carbocycles. The van der Waals surface area contributed by atoms with Crippen LogP contribution in [0, 0.1) is 0 Å². The van der Waals surface area contributed by atoms with Crippen LogP contribution >= 0.6 is 0 Å². The fourth-order valence-electron chi connectivity index (χ4n) is 0.386. The first-order valence-corrected chi connectivity index (χ1v) is 2.05. The number of morpholine rings is 1. The fourth-order valence-corrected chi connectivity index (χ4v) is 0.386. The summed E-state index contributed by atoms with van der Waals surface area (Å²) in [5.74, 6) is 0. The molecule has 2 heteroatoms. The molecule has 0 amide bonds. The van der Waals surface area contributed by atoms with Gasteiger partial charge in [0.1, 0.15) is 0 Å². The molecule has 6 heavy (non-hydrogen) atoms. The Morgan fingerprint density at radius 3 is 3.00 bits per heavy atom. The van der Waals surface area contributed by atoms with Gasteiger partial charge in [-0.2, -0.15) is 0 Å². The molecule has 0 aromatic rings. The van der Waals surface area contributed by atoms with Crippen molar-refractivity contribution in [3.8, 4) is 0 Å². The van der Waals surface area contributed by atoms with Crippen molar-refractivity contribution in [2.45, 2.75) is 0 Å². The van der Waals surface area contributed by atoms with Crippen LogP contribution in [0.25, 0.3) is 0 Å². The molecule has 0 saturated carbocycles. The lowest BCUT2D eigenvalue weighted by atomic mass is 10.5. The van der Waals surface area contributed by atoms with E-state index < -0.39 is 6.56 Å². The molecule has 0 spiro atoms. The molecule has 0 atom stereocenters. The molecule has 2 nitrogen and oxygen atoms in total. The predicted molar refractivity (Wildman–Crippen MR) is 23.7 cm³/mol. The Kier molecular flexibility index (Phi) is 0.821. The molecule has 1 aliphatic heterocycles. The zero-order valence-electron chi connectivity index (χ0n) is 5.53. The highest BCUT2D eigenvalue weighted by Gasteiger charge is 1.92. The van der Waals surface area contributed by atoms with Crippen LogP contribution in [0.1, 0.15) is 2.74 Å². The van der Waals surface area contributed by atoms with Crippen molar-refractivity contribution in [3.63, 3.8) is 0 Å². The maximum absolute atomic E-state index is 7.01. The second-order valence-corrected chi connectivity index (χ2v) is 1.17. The Labute approximate surface area is 40.3 Å². The van der Waals surface area contributed by atoms with Crippen LogP contribution in [0.3, 0.4) is 0 Å². The van der Waals surface area contributed by atoms with Crippen LogP contribution < -0.4 is 5.32 Å². The van der Waals surface area contributed by atoms with Crippen LogP contribution in [0.5, 0.6) is 0 Å². The Morgan fingerprint density at radius 2 is 2.67 bits per heavy atom. The van der Waals surface area contributed by atoms with Gasteiger partial charge in [-0.1, -0.05) is 0 Å². The summed E-state index contributed by atoms with van der Waals surface area (Å²) in [6.07, 6.45) is 0. The molecule has 1 heterocycles. The van der Waals surface area contributed by atoms with Gasteiger partial charge in [-0.15, -0.1) is 0 Å². The molecule has 0 bridgehead atoms. The van der Waals surface area contributed by atoms with Gasteiger partial charge < -0.3 is 10.1 Å². The Bertz CT molecular complexity index is 78.1. The van der Waals surface area contributed by atoms with Crippen molar-refractivity contribution < 1.29 is 7.48 Å². The Balaban J connectivity index is 2.33. The third-order valence-corrected chi connectivity index (χ3v) is 0.680. The monoisotopic (exact) mass is 89.1 g/mol. The highest BCUT2D eigenvalue weighted by atomic mass is 16.5. The van der Waals surface area contributed by atoms with Crippen molar-refractivity contribution >= 4 is 0 Å². The summed E-state index contributed by atoms with van der Waals surface area (Å²) in [6, 6.07) is 0. The Hall–Kier alpha value is -0.0800. The van der Waals surface area contributed by atoms with Gasteiger partial charge in [-0.25, -0.2) is 0 Å². The first-order chi connectivity index (χ1) is 3.71. The van der Waals surface area contributed by atoms with Gasteiger partial charge in [-0.05, 0) is 0 Å². The van der Waals surface area contributed by atoms with E-state index in [0.717, 1.165) is 6.54 Å². The maximum Gasteiger partial charge on any atom is 0.0591 e. The fraction of sp³-hybridized carbons (Fsp3) is 1.00. The van der Waals surface area contributed by atoms with Crippen molar-refractivity contribution in [2.75, 3.05) is 26.3 Å². The lowest BCUT2D eigenvalue weighted by Crippen LogP contribution is -2.30. The molecule has 0 aliphatic carbocycles. The van der Waals surface area contributed by atoms with Gasteiger partial charge in [-0.3, -0.25) is 0 Å². The first kappa shape index (κ1) is 2.28. The standard InChI is InChI=1S/C4H9NO/c1-3-6-4-2-5-1/h5H,1-4H2/i3D2. The second-order valence-electron chi connectivity index (χ2n) is 1.17. The number of ether oxygens (including phenoxy) is 1. The summed E-state index contributed by atoms with van der Waals surface area (Å²) in [4.78, 5) is 0. The van der Waals surface area contributed by atoms with Crippen molar-refractivity contribution in [3.05, 3.63) is 0 Å². The van der Waals surface area contributed by atoms with E-state index in [9.17, 15) is 0 Å². The molecule has 1 saturated heterocycles. The van der Waals surface area contributed by atoms with Gasteiger partial charge >= 0.3 is 0 Å². The third kappa shape index (κ3) is 0.954. The molecule has 1 N–H and O–H groups in total. The smallest absolute Gasteiger partial charge is 0.0591 e. The van der Waals surface area contributed by atoms with Crippen LogP contribution in [0.2, 0.25) is 0 Å². The largest absolute Gasteiger partial charge is 0.379 e. The van der Waals surface area contributed by atoms with Crippen LogP contribution in [-0.4, -0.2) is 26.3 Å². The number of rotatable bonds is 0. The molecule has 36 valence electrons. The first-order valence-electron chi connectivity index (χ1n) is 3.05. The summed E-state index contributed by atoms with van der Waals surface area (Å²) < 4.78 is 18.8. The minimum Gasteiger partial charge on any atom is -0.379 e. The molecule has 1 rings (SSSR count). The van der Waals surface area contributed by atoms with E-state index in [4.69, 9.17) is 7.48 Å². The van der Waals surface area contributed by atoms with Gasteiger partial charge in [0.15, 0.2) is 0 Å². The van der Waals surface area contributed by atoms with E-state index in [1.165, 1.54) is 0 Å². The van der Waals surface area contributed by atoms with E-state index in [1.54, 1.807) is 0 Å². The highest BCUT2D eigenvalue weighted by molar-refractivity contribution is 4.49. The summed E-state index contributed by atoms with van der Waals surface area (Å²) >= 11 is 0. The molecular formula is C4H9NO. The van der Waals surface area contributed by atoms with Crippen LogP contribution in [-0.2, 0) is 4.74 Å².